The zero-order valence-electron chi connectivity index (χ0n) is 12.8. The fourth-order valence-corrected chi connectivity index (χ4v) is 2.59. The van der Waals surface area contributed by atoms with Crippen LogP contribution in [0.5, 0.6) is 0 Å². The molecule has 2 aromatic heterocycles. The minimum atomic E-state index is -0.834. The molecule has 130 valence electrons. The topological polar surface area (TPSA) is 155 Å². The number of H-pyrrole nitrogens is 1. The summed E-state index contributed by atoms with van der Waals surface area (Å²) in [6, 6.07) is 0. The first-order valence-corrected chi connectivity index (χ1v) is 7.35. The Labute approximate surface area is 135 Å². The molecule has 0 aliphatic carbocycles. The van der Waals surface area contributed by atoms with E-state index in [2.05, 4.69) is 15.0 Å². The molecular weight excluding hydrogens is 322 g/mol. The average molecular weight is 339 g/mol. The van der Waals surface area contributed by atoms with E-state index in [1.54, 1.807) is 6.92 Å². The molecular formula is C13H17N5O6. The van der Waals surface area contributed by atoms with E-state index in [4.69, 9.17) is 19.9 Å². The summed E-state index contributed by atoms with van der Waals surface area (Å²) in [5, 5.41) is 9.42. The highest BCUT2D eigenvalue weighted by Gasteiger charge is 2.39. The molecule has 1 fully saturated rings. The van der Waals surface area contributed by atoms with Crippen molar-refractivity contribution in [2.24, 2.45) is 0 Å². The van der Waals surface area contributed by atoms with Crippen LogP contribution in [0.1, 0.15) is 19.6 Å². The van der Waals surface area contributed by atoms with Gasteiger partial charge >= 0.3 is 6.16 Å². The van der Waals surface area contributed by atoms with Crippen LogP contribution >= 0.6 is 0 Å². The molecule has 0 radical (unpaired) electrons. The molecule has 11 heteroatoms. The summed E-state index contributed by atoms with van der Waals surface area (Å²) in [4.78, 5) is 33.7. The molecule has 1 saturated heterocycles. The highest BCUT2D eigenvalue weighted by atomic mass is 16.7. The van der Waals surface area contributed by atoms with E-state index in [1.807, 2.05) is 0 Å². The first kappa shape index (κ1) is 16.2. The van der Waals surface area contributed by atoms with E-state index in [0.717, 1.165) is 0 Å². The number of rotatable bonds is 4. The molecule has 11 nitrogen and oxygen atoms in total. The summed E-state index contributed by atoms with van der Waals surface area (Å²) in [5.41, 5.74) is 5.45. The number of nitrogens with zero attached hydrogens (tertiary/aromatic N) is 3. The quantitative estimate of drug-likeness (QED) is 0.626. The van der Waals surface area contributed by atoms with Crippen molar-refractivity contribution in [1.82, 2.24) is 19.5 Å². The Hall–Kier alpha value is -2.66. The predicted octanol–water partition coefficient (Wildman–Crippen LogP) is -0.477. The average Bonchev–Trinajstić information content (AvgIpc) is 3.11. The number of aromatic amines is 1. The number of imidazole rings is 1. The van der Waals surface area contributed by atoms with Crippen LogP contribution in [0.2, 0.25) is 0 Å². The third-order valence-corrected chi connectivity index (χ3v) is 3.63. The highest BCUT2D eigenvalue weighted by molar-refractivity contribution is 5.70. The normalized spacial score (nSPS) is 23.5. The number of carbonyl (C=O) groups is 1. The minimum Gasteiger partial charge on any atom is -0.435 e. The zero-order valence-corrected chi connectivity index (χ0v) is 12.8. The molecule has 3 atom stereocenters. The molecule has 1 aliphatic rings. The predicted molar refractivity (Wildman–Crippen MR) is 80.1 cm³/mol. The number of nitrogens with two attached hydrogens (primary N) is 1. The van der Waals surface area contributed by atoms with Gasteiger partial charge in [0.1, 0.15) is 18.4 Å². The summed E-state index contributed by atoms with van der Waals surface area (Å²) >= 11 is 0. The lowest BCUT2D eigenvalue weighted by Gasteiger charge is -2.15. The molecule has 4 N–H and O–H groups in total. The van der Waals surface area contributed by atoms with Gasteiger partial charge in [-0.05, 0) is 6.92 Å². The number of anilines is 1. The maximum Gasteiger partial charge on any atom is 0.508 e. The molecule has 24 heavy (non-hydrogen) atoms. The summed E-state index contributed by atoms with van der Waals surface area (Å²) in [6.07, 6.45) is -1.26. The number of nitrogen functional groups attached to an aromatic ring is 1. The number of hydrogen-bond donors (Lipinski definition) is 3. The van der Waals surface area contributed by atoms with Crippen LogP contribution in [0.15, 0.2) is 11.1 Å². The Morgan fingerprint density at radius 3 is 3.12 bits per heavy atom. The number of aliphatic hydroxyl groups is 1. The van der Waals surface area contributed by atoms with Crippen LogP contribution < -0.4 is 11.3 Å². The molecule has 2 aromatic rings. The van der Waals surface area contributed by atoms with Crippen LogP contribution in [0.3, 0.4) is 0 Å². The first-order chi connectivity index (χ1) is 11.5. The Morgan fingerprint density at radius 2 is 2.42 bits per heavy atom. The molecule has 3 rings (SSSR count). The van der Waals surface area contributed by atoms with Gasteiger partial charge in [0.2, 0.25) is 5.95 Å². The van der Waals surface area contributed by atoms with Crippen LogP contribution in [0.4, 0.5) is 10.7 Å². The van der Waals surface area contributed by atoms with Gasteiger partial charge in [-0.25, -0.2) is 9.78 Å². The monoisotopic (exact) mass is 339 g/mol. The Balaban J connectivity index is 1.86. The van der Waals surface area contributed by atoms with E-state index in [9.17, 15) is 14.7 Å². The zero-order chi connectivity index (χ0) is 17.3. The lowest BCUT2D eigenvalue weighted by atomic mass is 10.2. The third-order valence-electron chi connectivity index (χ3n) is 3.63. The second-order valence-electron chi connectivity index (χ2n) is 5.16. The van der Waals surface area contributed by atoms with E-state index in [-0.39, 0.29) is 36.7 Å². The van der Waals surface area contributed by atoms with E-state index >= 15 is 0 Å². The van der Waals surface area contributed by atoms with Gasteiger partial charge in [0, 0.05) is 6.42 Å². The second-order valence-corrected chi connectivity index (χ2v) is 5.16. The SMILES string of the molecule is CCOC(=O)O[C@H]1C[C@H](n2cnc3c(=O)[nH]c(N)nc32)O[C@@H]1CO. The maximum absolute atomic E-state index is 11.8. The standard InChI is InChI=1S/C13H17N5O6/c1-2-22-13(21)24-6-3-8(23-7(6)4-19)18-5-15-9-10(18)16-12(14)17-11(9)20/h5-8,19H,2-4H2,1H3,(H3,14,16,17,20)/t6-,7+,8+/m0/s1. The van der Waals surface area contributed by atoms with Crippen molar-refractivity contribution >= 4 is 23.3 Å². The molecule has 0 amide bonds. The fourth-order valence-electron chi connectivity index (χ4n) is 2.59. The van der Waals surface area contributed by atoms with E-state index in [0.29, 0.717) is 0 Å². The molecule has 1 aliphatic heterocycles. The Kier molecular flexibility index (Phi) is 4.36. The van der Waals surface area contributed by atoms with Gasteiger partial charge in [0.25, 0.3) is 5.56 Å². The molecule has 0 aromatic carbocycles. The molecule has 0 bridgehead atoms. The van der Waals surface area contributed by atoms with Crippen molar-refractivity contribution in [2.45, 2.75) is 31.8 Å². The van der Waals surface area contributed by atoms with Gasteiger partial charge in [0.05, 0.1) is 19.5 Å². The number of nitrogens with one attached hydrogen (secondary N) is 1. The highest BCUT2D eigenvalue weighted by Crippen LogP contribution is 2.32. The fraction of sp³-hybridized carbons (Fsp3) is 0.538. The number of aliphatic hydroxyl groups excluding tert-OH is 1. The van der Waals surface area contributed by atoms with E-state index in [1.165, 1.54) is 10.9 Å². The van der Waals surface area contributed by atoms with Crippen molar-refractivity contribution in [3.8, 4) is 0 Å². The summed E-state index contributed by atoms with van der Waals surface area (Å²) in [6.45, 7) is 1.49. The van der Waals surface area contributed by atoms with Gasteiger partial charge in [-0.2, -0.15) is 4.98 Å². The summed E-state index contributed by atoms with van der Waals surface area (Å²) in [7, 11) is 0. The van der Waals surface area contributed by atoms with Crippen molar-refractivity contribution in [2.75, 3.05) is 18.9 Å². The van der Waals surface area contributed by atoms with E-state index < -0.39 is 30.2 Å². The molecule has 3 heterocycles. The van der Waals surface area contributed by atoms with Gasteiger partial charge < -0.3 is 25.1 Å². The smallest absolute Gasteiger partial charge is 0.435 e. The number of fused-ring (bicyclic) bond motifs is 1. The van der Waals surface area contributed by atoms with Gasteiger partial charge in [-0.15, -0.1) is 0 Å². The van der Waals surface area contributed by atoms with Crippen molar-refractivity contribution in [3.05, 3.63) is 16.7 Å². The Morgan fingerprint density at radius 1 is 1.62 bits per heavy atom. The third kappa shape index (κ3) is 2.90. The maximum atomic E-state index is 11.8. The van der Waals surface area contributed by atoms with Gasteiger partial charge in [0.15, 0.2) is 11.2 Å². The van der Waals surface area contributed by atoms with Crippen LogP contribution in [0, 0.1) is 0 Å². The van der Waals surface area contributed by atoms with Crippen LogP contribution in [-0.2, 0) is 14.2 Å². The second kappa shape index (κ2) is 6.45. The summed E-state index contributed by atoms with van der Waals surface area (Å²) < 4.78 is 17.1. The summed E-state index contributed by atoms with van der Waals surface area (Å²) in [5.74, 6) is -0.0507. The number of hydrogen-bond acceptors (Lipinski definition) is 9. The minimum absolute atomic E-state index is 0.0507. The number of carbonyl (C=O) groups excluding carboxylic acids is 1. The van der Waals surface area contributed by atoms with Crippen molar-refractivity contribution in [1.29, 1.82) is 0 Å². The lowest BCUT2D eigenvalue weighted by Crippen LogP contribution is -2.30. The first-order valence-electron chi connectivity index (χ1n) is 7.35. The number of ether oxygens (including phenoxy) is 3. The molecule has 0 spiro atoms. The van der Waals surface area contributed by atoms with Crippen LogP contribution in [-0.4, -0.2) is 56.2 Å². The van der Waals surface area contributed by atoms with Gasteiger partial charge in [-0.1, -0.05) is 0 Å². The lowest BCUT2D eigenvalue weighted by molar-refractivity contribution is -0.0551. The van der Waals surface area contributed by atoms with Crippen molar-refractivity contribution in [3.63, 3.8) is 0 Å². The molecule has 0 saturated carbocycles. The Bertz CT molecular complexity index is 802. The van der Waals surface area contributed by atoms with Crippen LogP contribution in [0.25, 0.3) is 11.2 Å². The largest absolute Gasteiger partial charge is 0.508 e. The van der Waals surface area contributed by atoms with Crippen molar-refractivity contribution < 1.29 is 24.1 Å². The van der Waals surface area contributed by atoms with Gasteiger partial charge in [-0.3, -0.25) is 14.3 Å². The molecule has 0 unspecified atom stereocenters. The number of aromatic nitrogens is 4.